The molecule has 2 heterocycles. The Morgan fingerprint density at radius 3 is 2.96 bits per heavy atom. The quantitative estimate of drug-likeness (QED) is 0.838. The van der Waals surface area contributed by atoms with Crippen molar-refractivity contribution in [1.29, 1.82) is 0 Å². The summed E-state index contributed by atoms with van der Waals surface area (Å²) >= 11 is 0. The number of pyridine rings is 1. The second-order valence-electron chi connectivity index (χ2n) is 6.16. The standard InChI is InChI=1S/C19H23N3O3/c23-14-16-6-7-20-11-18(16)21-19(24)10-17-13-22(8-9-25-17)12-15-4-2-1-3-5-15/h1-7,11,17,23H,8-10,12-14H2,(H,21,24). The minimum Gasteiger partial charge on any atom is -0.392 e. The van der Waals surface area contributed by atoms with Gasteiger partial charge in [-0.05, 0) is 11.6 Å². The number of morpholine rings is 1. The van der Waals surface area contributed by atoms with Gasteiger partial charge in [-0.1, -0.05) is 30.3 Å². The van der Waals surface area contributed by atoms with E-state index in [0.29, 0.717) is 17.9 Å². The molecule has 1 aromatic heterocycles. The molecule has 2 aromatic rings. The minimum atomic E-state index is -0.136. The van der Waals surface area contributed by atoms with Crippen molar-refractivity contribution >= 4 is 11.6 Å². The summed E-state index contributed by atoms with van der Waals surface area (Å²) in [7, 11) is 0. The normalized spacial score (nSPS) is 18.0. The fourth-order valence-corrected chi connectivity index (χ4v) is 2.97. The zero-order chi connectivity index (χ0) is 17.5. The van der Waals surface area contributed by atoms with Crippen LogP contribution >= 0.6 is 0 Å². The van der Waals surface area contributed by atoms with Gasteiger partial charge in [0.2, 0.25) is 5.91 Å². The van der Waals surface area contributed by atoms with Crippen molar-refractivity contribution in [2.24, 2.45) is 0 Å². The predicted molar refractivity (Wildman–Crippen MR) is 94.9 cm³/mol. The van der Waals surface area contributed by atoms with Gasteiger partial charge in [0.05, 0.1) is 37.6 Å². The maximum Gasteiger partial charge on any atom is 0.227 e. The molecule has 1 aliphatic heterocycles. The lowest BCUT2D eigenvalue weighted by atomic mass is 10.1. The van der Waals surface area contributed by atoms with Gasteiger partial charge in [-0.15, -0.1) is 0 Å². The van der Waals surface area contributed by atoms with Crippen molar-refractivity contribution in [3.05, 3.63) is 59.9 Å². The summed E-state index contributed by atoms with van der Waals surface area (Å²) in [6, 6.07) is 12.0. The average Bonchev–Trinajstić information content (AvgIpc) is 2.63. The van der Waals surface area contributed by atoms with E-state index in [-0.39, 0.29) is 25.0 Å². The van der Waals surface area contributed by atoms with Gasteiger partial charge in [0.25, 0.3) is 0 Å². The van der Waals surface area contributed by atoms with Gasteiger partial charge in [0.15, 0.2) is 0 Å². The summed E-state index contributed by atoms with van der Waals surface area (Å²) in [5.74, 6) is -0.130. The third-order valence-corrected chi connectivity index (χ3v) is 4.24. The van der Waals surface area contributed by atoms with E-state index < -0.39 is 0 Å². The van der Waals surface area contributed by atoms with Crippen LogP contribution in [0.5, 0.6) is 0 Å². The van der Waals surface area contributed by atoms with Crippen molar-refractivity contribution in [2.75, 3.05) is 25.0 Å². The molecule has 1 aliphatic rings. The minimum absolute atomic E-state index is 0.130. The van der Waals surface area contributed by atoms with Crippen molar-refractivity contribution < 1.29 is 14.6 Å². The number of hydrogen-bond donors (Lipinski definition) is 2. The lowest BCUT2D eigenvalue weighted by Crippen LogP contribution is -2.43. The van der Waals surface area contributed by atoms with Crippen LogP contribution in [0.15, 0.2) is 48.8 Å². The largest absolute Gasteiger partial charge is 0.392 e. The molecule has 6 heteroatoms. The van der Waals surface area contributed by atoms with Crippen LogP contribution in [0.1, 0.15) is 17.5 Å². The van der Waals surface area contributed by atoms with Crippen LogP contribution in [0.25, 0.3) is 0 Å². The molecule has 2 N–H and O–H groups in total. The molecule has 1 amide bonds. The van der Waals surface area contributed by atoms with Crippen LogP contribution in [-0.2, 0) is 22.7 Å². The van der Waals surface area contributed by atoms with E-state index in [4.69, 9.17) is 4.74 Å². The molecule has 6 nitrogen and oxygen atoms in total. The SMILES string of the molecule is O=C(CC1CN(Cc2ccccc2)CCO1)Nc1cnccc1CO. The number of amides is 1. The summed E-state index contributed by atoms with van der Waals surface area (Å²) < 4.78 is 5.74. The number of hydrogen-bond acceptors (Lipinski definition) is 5. The van der Waals surface area contributed by atoms with E-state index in [0.717, 1.165) is 19.6 Å². The Morgan fingerprint density at radius 1 is 1.32 bits per heavy atom. The number of carbonyl (C=O) groups is 1. The molecule has 1 unspecified atom stereocenters. The molecule has 0 radical (unpaired) electrons. The van der Waals surface area contributed by atoms with Crippen LogP contribution in [0.3, 0.4) is 0 Å². The Morgan fingerprint density at radius 2 is 2.16 bits per heavy atom. The first kappa shape index (κ1) is 17.5. The van der Waals surface area contributed by atoms with Crippen LogP contribution in [0.4, 0.5) is 5.69 Å². The molecule has 3 rings (SSSR count). The monoisotopic (exact) mass is 341 g/mol. The van der Waals surface area contributed by atoms with E-state index in [2.05, 4.69) is 27.3 Å². The summed E-state index contributed by atoms with van der Waals surface area (Å²) in [4.78, 5) is 18.6. The van der Waals surface area contributed by atoms with Gasteiger partial charge in [0.1, 0.15) is 0 Å². The van der Waals surface area contributed by atoms with E-state index in [1.807, 2.05) is 18.2 Å². The van der Waals surface area contributed by atoms with Crippen LogP contribution in [0.2, 0.25) is 0 Å². The van der Waals surface area contributed by atoms with Crippen LogP contribution in [0, 0.1) is 0 Å². The number of ether oxygens (including phenoxy) is 1. The average molecular weight is 341 g/mol. The van der Waals surface area contributed by atoms with Crippen LogP contribution in [-0.4, -0.2) is 46.7 Å². The third kappa shape index (κ3) is 5.09. The summed E-state index contributed by atoms with van der Waals surface area (Å²) in [5.41, 5.74) is 2.46. The zero-order valence-corrected chi connectivity index (χ0v) is 14.1. The number of nitrogens with zero attached hydrogens (tertiary/aromatic N) is 2. The number of rotatable bonds is 6. The topological polar surface area (TPSA) is 74.7 Å². The van der Waals surface area contributed by atoms with Crippen molar-refractivity contribution in [2.45, 2.75) is 25.7 Å². The Balaban J connectivity index is 1.52. The molecule has 1 atom stereocenters. The molecule has 0 aliphatic carbocycles. The second kappa shape index (κ2) is 8.71. The summed E-state index contributed by atoms with van der Waals surface area (Å²) in [6.45, 7) is 2.94. The highest BCUT2D eigenvalue weighted by molar-refractivity contribution is 5.91. The van der Waals surface area contributed by atoms with Gasteiger partial charge < -0.3 is 15.2 Å². The molecule has 1 fully saturated rings. The highest BCUT2D eigenvalue weighted by atomic mass is 16.5. The lowest BCUT2D eigenvalue weighted by molar-refractivity contribution is -0.121. The van der Waals surface area contributed by atoms with E-state index in [1.54, 1.807) is 18.5 Å². The maximum atomic E-state index is 12.3. The fourth-order valence-electron chi connectivity index (χ4n) is 2.97. The van der Waals surface area contributed by atoms with Crippen molar-refractivity contribution in [1.82, 2.24) is 9.88 Å². The summed E-state index contributed by atoms with van der Waals surface area (Å²) in [5, 5.41) is 12.1. The van der Waals surface area contributed by atoms with Gasteiger partial charge in [-0.3, -0.25) is 14.7 Å². The number of aliphatic hydroxyl groups excluding tert-OH is 1. The molecular weight excluding hydrogens is 318 g/mol. The number of benzene rings is 1. The highest BCUT2D eigenvalue weighted by Crippen LogP contribution is 2.16. The molecule has 25 heavy (non-hydrogen) atoms. The Kier molecular flexibility index (Phi) is 6.11. The molecule has 1 aromatic carbocycles. The van der Waals surface area contributed by atoms with Gasteiger partial charge >= 0.3 is 0 Å². The van der Waals surface area contributed by atoms with Gasteiger partial charge in [-0.2, -0.15) is 0 Å². The fraction of sp³-hybridized carbons (Fsp3) is 0.368. The predicted octanol–water partition coefficient (Wildman–Crippen LogP) is 1.80. The molecule has 0 bridgehead atoms. The number of carbonyl (C=O) groups excluding carboxylic acids is 1. The van der Waals surface area contributed by atoms with Crippen LogP contribution < -0.4 is 5.32 Å². The smallest absolute Gasteiger partial charge is 0.227 e. The van der Waals surface area contributed by atoms with Crippen molar-refractivity contribution in [3.63, 3.8) is 0 Å². The third-order valence-electron chi connectivity index (χ3n) is 4.24. The Labute approximate surface area is 147 Å². The first-order chi connectivity index (χ1) is 12.2. The number of nitrogens with one attached hydrogen (secondary N) is 1. The Hall–Kier alpha value is -2.28. The van der Waals surface area contributed by atoms with Gasteiger partial charge in [0, 0.05) is 31.4 Å². The van der Waals surface area contributed by atoms with Crippen molar-refractivity contribution in [3.8, 4) is 0 Å². The van der Waals surface area contributed by atoms with Gasteiger partial charge in [-0.25, -0.2) is 0 Å². The first-order valence-corrected chi connectivity index (χ1v) is 8.46. The first-order valence-electron chi connectivity index (χ1n) is 8.46. The van der Waals surface area contributed by atoms with E-state index >= 15 is 0 Å². The second-order valence-corrected chi connectivity index (χ2v) is 6.16. The maximum absolute atomic E-state index is 12.3. The molecule has 0 saturated carbocycles. The highest BCUT2D eigenvalue weighted by Gasteiger charge is 2.23. The zero-order valence-electron chi connectivity index (χ0n) is 14.1. The number of aromatic nitrogens is 1. The summed E-state index contributed by atoms with van der Waals surface area (Å²) in [6.07, 6.45) is 3.29. The Bertz CT molecular complexity index is 693. The number of anilines is 1. The molecule has 132 valence electrons. The van der Waals surface area contributed by atoms with E-state index in [9.17, 15) is 9.90 Å². The molecule has 1 saturated heterocycles. The molecule has 0 spiro atoms. The lowest BCUT2D eigenvalue weighted by Gasteiger charge is -2.32. The van der Waals surface area contributed by atoms with E-state index in [1.165, 1.54) is 5.56 Å². The number of aliphatic hydroxyl groups is 1. The molecular formula is C19H23N3O3.